The van der Waals surface area contributed by atoms with E-state index in [1.165, 1.54) is 10.5 Å². The number of likely N-dealkylation sites (N-methyl/N-ethyl adjacent to an activating group) is 1. The number of amides is 1. The smallest absolute Gasteiger partial charge is 0.274 e. The molecule has 0 atom stereocenters. The maximum atomic E-state index is 13.5. The molecule has 0 radical (unpaired) electrons. The Kier molecular flexibility index (Phi) is 7.01. The van der Waals surface area contributed by atoms with Crippen molar-refractivity contribution < 1.29 is 14.3 Å². The Hall–Kier alpha value is -2.65. The summed E-state index contributed by atoms with van der Waals surface area (Å²) >= 11 is 1.77. The molecule has 2 aliphatic rings. The predicted molar refractivity (Wildman–Crippen MR) is 133 cm³/mol. The fourth-order valence-corrected chi connectivity index (χ4v) is 5.53. The number of carbonyl (C=O) groups excluding carboxylic acids is 1. The van der Waals surface area contributed by atoms with E-state index in [-0.39, 0.29) is 5.91 Å². The highest BCUT2D eigenvalue weighted by atomic mass is 32.2. The fourth-order valence-electron chi connectivity index (χ4n) is 4.46. The molecule has 0 unspecified atom stereocenters. The lowest BCUT2D eigenvalue weighted by atomic mass is 10.0. The summed E-state index contributed by atoms with van der Waals surface area (Å²) in [4.78, 5) is 18.8. The molecule has 0 saturated carbocycles. The molecule has 5 rings (SSSR count). The number of fused-ring (bicyclic) bond motifs is 3. The van der Waals surface area contributed by atoms with Gasteiger partial charge in [-0.3, -0.25) is 9.69 Å². The van der Waals surface area contributed by atoms with E-state index in [0.29, 0.717) is 38.6 Å². The monoisotopic (exact) mass is 478 g/mol. The van der Waals surface area contributed by atoms with Crippen LogP contribution in [0.3, 0.4) is 0 Å². The Balaban J connectivity index is 1.51. The zero-order valence-electron chi connectivity index (χ0n) is 19.7. The summed E-state index contributed by atoms with van der Waals surface area (Å²) in [5, 5.41) is 4.91. The quantitative estimate of drug-likeness (QED) is 0.516. The summed E-state index contributed by atoms with van der Waals surface area (Å²) in [6.45, 7) is 4.81. The number of rotatable bonds is 7. The Morgan fingerprint density at radius 1 is 1.15 bits per heavy atom. The Labute approximate surface area is 204 Å². The van der Waals surface area contributed by atoms with Gasteiger partial charge in [-0.05, 0) is 30.8 Å². The van der Waals surface area contributed by atoms with Gasteiger partial charge in [0.25, 0.3) is 5.91 Å². The molecule has 3 aromatic rings. The van der Waals surface area contributed by atoms with Gasteiger partial charge >= 0.3 is 0 Å². The topological polar surface area (TPSA) is 59.8 Å². The van der Waals surface area contributed by atoms with Crippen LogP contribution < -0.4 is 0 Å². The average Bonchev–Trinajstić information content (AvgIpc) is 3.28. The largest absolute Gasteiger partial charge is 0.383 e. The van der Waals surface area contributed by atoms with Gasteiger partial charge < -0.3 is 14.4 Å². The lowest BCUT2D eigenvalue weighted by Gasteiger charge is -2.26. The molecule has 2 aliphatic heterocycles. The first-order valence-corrected chi connectivity index (χ1v) is 12.6. The lowest BCUT2D eigenvalue weighted by Crippen LogP contribution is -2.41. The van der Waals surface area contributed by atoms with Crippen LogP contribution in [0.25, 0.3) is 16.9 Å². The second-order valence-corrected chi connectivity index (χ2v) is 9.69. The zero-order valence-corrected chi connectivity index (χ0v) is 20.5. The highest BCUT2D eigenvalue weighted by Crippen LogP contribution is 2.43. The number of ether oxygens (including phenoxy) is 2. The van der Waals surface area contributed by atoms with Gasteiger partial charge in [-0.15, -0.1) is 11.8 Å². The molecule has 1 saturated heterocycles. The van der Waals surface area contributed by atoms with Crippen molar-refractivity contribution in [3.8, 4) is 16.9 Å². The molecule has 178 valence electrons. The molecule has 0 spiro atoms. The van der Waals surface area contributed by atoms with Crippen LogP contribution in [0.5, 0.6) is 0 Å². The first-order valence-electron chi connectivity index (χ1n) is 11.6. The lowest BCUT2D eigenvalue weighted by molar-refractivity contribution is 0.0298. The van der Waals surface area contributed by atoms with Gasteiger partial charge in [0, 0.05) is 55.1 Å². The zero-order chi connectivity index (χ0) is 23.5. The normalized spacial score (nSPS) is 15.3. The summed E-state index contributed by atoms with van der Waals surface area (Å²) < 4.78 is 12.6. The van der Waals surface area contributed by atoms with Crippen LogP contribution in [-0.4, -0.2) is 79.1 Å². The number of benzene rings is 2. The number of carbonyl (C=O) groups is 1. The standard InChI is InChI=1S/C26H30N4O3S/c1-28(11-14-32-2)17-19-7-9-20(10-8-19)30-25-21-5-3-4-6-23(21)34-18-22(25)24(27-30)26(31)29-12-15-33-16-13-29/h3-10H,11-18H2,1-2H3. The minimum atomic E-state index is -0.00494. The van der Waals surface area contributed by atoms with E-state index in [4.69, 9.17) is 14.6 Å². The molecule has 7 nitrogen and oxygen atoms in total. The molecule has 1 fully saturated rings. The van der Waals surface area contributed by atoms with Gasteiger partial charge in [0.1, 0.15) is 0 Å². The molecular formula is C26H30N4O3S. The van der Waals surface area contributed by atoms with Gasteiger partial charge in [0.05, 0.1) is 31.2 Å². The van der Waals surface area contributed by atoms with Crippen molar-refractivity contribution in [2.24, 2.45) is 0 Å². The summed E-state index contributed by atoms with van der Waals surface area (Å²) in [5.74, 6) is 0.731. The number of thioether (sulfide) groups is 1. The molecule has 3 heterocycles. The summed E-state index contributed by atoms with van der Waals surface area (Å²) in [7, 11) is 3.82. The molecule has 1 aromatic heterocycles. The Bertz CT molecular complexity index is 1160. The van der Waals surface area contributed by atoms with E-state index in [0.717, 1.165) is 41.4 Å². The summed E-state index contributed by atoms with van der Waals surface area (Å²) in [5.41, 5.74) is 5.92. The van der Waals surface area contributed by atoms with Crippen LogP contribution >= 0.6 is 11.8 Å². The number of aromatic nitrogens is 2. The summed E-state index contributed by atoms with van der Waals surface area (Å²) in [6, 6.07) is 16.9. The highest BCUT2D eigenvalue weighted by Gasteiger charge is 2.31. The second kappa shape index (κ2) is 10.3. The van der Waals surface area contributed by atoms with Crippen molar-refractivity contribution in [3.63, 3.8) is 0 Å². The molecule has 8 heteroatoms. The van der Waals surface area contributed by atoms with E-state index in [1.54, 1.807) is 18.9 Å². The third kappa shape index (κ3) is 4.63. The number of methoxy groups -OCH3 is 1. The average molecular weight is 479 g/mol. The maximum absolute atomic E-state index is 13.5. The van der Waals surface area contributed by atoms with Crippen LogP contribution in [0.2, 0.25) is 0 Å². The third-order valence-corrected chi connectivity index (χ3v) is 7.41. The fraction of sp³-hybridized carbons (Fsp3) is 0.385. The summed E-state index contributed by atoms with van der Waals surface area (Å²) in [6.07, 6.45) is 0. The molecule has 0 aliphatic carbocycles. The molecule has 0 N–H and O–H groups in total. The van der Waals surface area contributed by atoms with Crippen LogP contribution in [0.4, 0.5) is 0 Å². The van der Waals surface area contributed by atoms with Gasteiger partial charge in [0.15, 0.2) is 5.69 Å². The minimum Gasteiger partial charge on any atom is -0.383 e. The van der Waals surface area contributed by atoms with E-state index in [1.807, 2.05) is 15.6 Å². The van der Waals surface area contributed by atoms with E-state index < -0.39 is 0 Å². The van der Waals surface area contributed by atoms with E-state index in [9.17, 15) is 4.79 Å². The van der Waals surface area contributed by atoms with Crippen LogP contribution in [0.1, 0.15) is 21.6 Å². The Morgan fingerprint density at radius 2 is 1.91 bits per heavy atom. The number of hydrogen-bond acceptors (Lipinski definition) is 6. The maximum Gasteiger partial charge on any atom is 0.274 e. The molecular weight excluding hydrogens is 448 g/mol. The number of nitrogens with zero attached hydrogens (tertiary/aromatic N) is 4. The Morgan fingerprint density at radius 3 is 2.68 bits per heavy atom. The van der Waals surface area contributed by atoms with Crippen molar-refractivity contribution in [2.75, 3.05) is 53.6 Å². The van der Waals surface area contributed by atoms with Crippen LogP contribution in [0, 0.1) is 0 Å². The van der Waals surface area contributed by atoms with Crippen molar-refractivity contribution >= 4 is 17.7 Å². The minimum absolute atomic E-state index is 0.00494. The first kappa shape index (κ1) is 23.1. The van der Waals surface area contributed by atoms with Gasteiger partial charge in [-0.25, -0.2) is 4.68 Å². The van der Waals surface area contributed by atoms with Crippen LogP contribution in [-0.2, 0) is 21.8 Å². The highest BCUT2D eigenvalue weighted by molar-refractivity contribution is 7.98. The van der Waals surface area contributed by atoms with Crippen molar-refractivity contribution in [1.29, 1.82) is 0 Å². The first-order chi connectivity index (χ1) is 16.7. The van der Waals surface area contributed by atoms with Crippen molar-refractivity contribution in [3.05, 3.63) is 65.4 Å². The number of morpholine rings is 1. The van der Waals surface area contributed by atoms with Crippen molar-refractivity contribution in [1.82, 2.24) is 19.6 Å². The van der Waals surface area contributed by atoms with Gasteiger partial charge in [0.2, 0.25) is 0 Å². The van der Waals surface area contributed by atoms with Gasteiger partial charge in [-0.2, -0.15) is 5.10 Å². The second-order valence-electron chi connectivity index (χ2n) is 8.67. The molecule has 0 bridgehead atoms. The van der Waals surface area contributed by atoms with Gasteiger partial charge in [-0.1, -0.05) is 30.3 Å². The molecule has 2 aromatic carbocycles. The molecule has 34 heavy (non-hydrogen) atoms. The SMILES string of the molecule is COCCN(C)Cc1ccc(-n2nc(C(=O)N3CCOCC3)c3c2-c2ccccc2SC3)cc1. The third-order valence-electron chi connectivity index (χ3n) is 6.31. The predicted octanol–water partition coefficient (Wildman–Crippen LogP) is 3.70. The number of hydrogen-bond donors (Lipinski definition) is 0. The van der Waals surface area contributed by atoms with Crippen molar-refractivity contribution in [2.45, 2.75) is 17.2 Å². The molecule has 1 amide bonds. The van der Waals surface area contributed by atoms with E-state index >= 15 is 0 Å². The van der Waals surface area contributed by atoms with Crippen LogP contribution in [0.15, 0.2) is 53.4 Å². The van der Waals surface area contributed by atoms with E-state index in [2.05, 4.69) is 54.4 Å².